The first-order valence-electron chi connectivity index (χ1n) is 15.5. The number of carbonyl (C=O) groups is 2. The zero-order valence-electron chi connectivity index (χ0n) is 27.4. The molecule has 240 valence electrons. The van der Waals surface area contributed by atoms with Crippen LogP contribution in [0.5, 0.6) is 5.75 Å². The van der Waals surface area contributed by atoms with Crippen LogP contribution in [-0.2, 0) is 23.5 Å². The van der Waals surface area contributed by atoms with Gasteiger partial charge >= 0.3 is 19.1 Å². The van der Waals surface area contributed by atoms with Gasteiger partial charge in [0.1, 0.15) is 23.0 Å². The fourth-order valence-corrected chi connectivity index (χ4v) is 5.16. The van der Waals surface area contributed by atoms with E-state index in [-0.39, 0.29) is 18.3 Å². The first-order chi connectivity index (χ1) is 21.2. The van der Waals surface area contributed by atoms with Crippen LogP contribution in [0.3, 0.4) is 0 Å². The summed E-state index contributed by atoms with van der Waals surface area (Å²) in [6, 6.07) is 10.9. The highest BCUT2D eigenvalue weighted by molar-refractivity contribution is 6.62. The molecule has 0 amide bonds. The second-order valence-corrected chi connectivity index (χ2v) is 13.4. The lowest BCUT2D eigenvalue weighted by atomic mass is 9.78. The normalized spacial score (nSPS) is 18.1. The Kier molecular flexibility index (Phi) is 9.17. The third-order valence-corrected chi connectivity index (χ3v) is 8.20. The fourth-order valence-electron chi connectivity index (χ4n) is 5.16. The van der Waals surface area contributed by atoms with Gasteiger partial charge in [-0.2, -0.15) is 0 Å². The van der Waals surface area contributed by atoms with E-state index in [0.717, 1.165) is 18.3 Å². The molecule has 10 nitrogen and oxygen atoms in total. The van der Waals surface area contributed by atoms with Gasteiger partial charge in [0.15, 0.2) is 0 Å². The maximum absolute atomic E-state index is 13.2. The van der Waals surface area contributed by atoms with Gasteiger partial charge in [-0.1, -0.05) is 12.1 Å². The molecule has 0 unspecified atom stereocenters. The third kappa shape index (κ3) is 7.43. The number of aromatic nitrogens is 1. The third-order valence-electron chi connectivity index (χ3n) is 8.20. The van der Waals surface area contributed by atoms with Crippen LogP contribution in [0.15, 0.2) is 42.6 Å². The Hall–Kier alpha value is -3.67. The SMILES string of the molecule is CCOC(=O)c1cnc2cc(B3OC(C)(C)C(C)(C)O3)ccc2c1Nc1cc(OC2CCOCC2)cc(C(=O)OC(C)(C)C)c1. The Balaban J connectivity index is 1.56. The van der Waals surface area contributed by atoms with Crippen molar-refractivity contribution in [3.63, 3.8) is 0 Å². The Morgan fingerprint density at radius 1 is 1.00 bits per heavy atom. The van der Waals surface area contributed by atoms with Crippen molar-refractivity contribution in [1.29, 1.82) is 0 Å². The molecule has 45 heavy (non-hydrogen) atoms. The van der Waals surface area contributed by atoms with Crippen LogP contribution < -0.4 is 15.5 Å². The van der Waals surface area contributed by atoms with Crippen LogP contribution in [0.4, 0.5) is 11.4 Å². The van der Waals surface area contributed by atoms with Gasteiger partial charge in [-0.15, -0.1) is 0 Å². The molecule has 2 aliphatic rings. The average Bonchev–Trinajstić information content (AvgIpc) is 3.18. The predicted molar refractivity (Wildman–Crippen MR) is 173 cm³/mol. The van der Waals surface area contributed by atoms with E-state index >= 15 is 0 Å². The van der Waals surface area contributed by atoms with Gasteiger partial charge in [0.2, 0.25) is 0 Å². The summed E-state index contributed by atoms with van der Waals surface area (Å²) in [6.45, 7) is 16.7. The molecule has 0 atom stereocenters. The standard InChI is InChI=1S/C34H43BN2O8/c1-9-41-31(39)27-20-36-28-18-22(35-44-33(5,6)34(7,8)45-35)10-11-26(28)29(27)37-23-16-21(30(38)43-32(2,3)4)17-25(19-23)42-24-12-14-40-15-13-24/h10-11,16-20,24H,9,12-15H2,1-8H3,(H,36,37). The first-order valence-corrected chi connectivity index (χ1v) is 15.5. The van der Waals surface area contributed by atoms with Crippen molar-refractivity contribution < 1.29 is 37.8 Å². The zero-order chi connectivity index (χ0) is 32.6. The summed E-state index contributed by atoms with van der Waals surface area (Å²) in [4.78, 5) is 30.9. The zero-order valence-corrected chi connectivity index (χ0v) is 27.4. The lowest BCUT2D eigenvalue weighted by molar-refractivity contribution is 0.00578. The highest BCUT2D eigenvalue weighted by Gasteiger charge is 2.51. The Bertz CT molecular complexity index is 1560. The summed E-state index contributed by atoms with van der Waals surface area (Å²) in [5.41, 5.74) is 1.34. The number of ether oxygens (including phenoxy) is 4. The number of esters is 2. The van der Waals surface area contributed by atoms with Crippen molar-refractivity contribution in [3.05, 3.63) is 53.7 Å². The number of fused-ring (bicyclic) bond motifs is 1. The van der Waals surface area contributed by atoms with E-state index in [1.165, 1.54) is 6.20 Å². The lowest BCUT2D eigenvalue weighted by Gasteiger charge is -2.32. The number of hydrogen-bond donors (Lipinski definition) is 1. The fraction of sp³-hybridized carbons (Fsp3) is 0.500. The van der Waals surface area contributed by atoms with Crippen LogP contribution in [-0.4, -0.2) is 66.8 Å². The molecule has 0 saturated carbocycles. The summed E-state index contributed by atoms with van der Waals surface area (Å²) in [5.74, 6) is -0.501. The van der Waals surface area contributed by atoms with E-state index in [0.29, 0.717) is 46.8 Å². The monoisotopic (exact) mass is 618 g/mol. The first kappa shape index (κ1) is 32.7. The van der Waals surface area contributed by atoms with Crippen molar-refractivity contribution in [2.75, 3.05) is 25.1 Å². The van der Waals surface area contributed by atoms with E-state index in [2.05, 4.69) is 10.3 Å². The number of hydrogen-bond acceptors (Lipinski definition) is 10. The quantitative estimate of drug-likeness (QED) is 0.239. The van der Waals surface area contributed by atoms with Crippen LogP contribution in [0.2, 0.25) is 0 Å². The lowest BCUT2D eigenvalue weighted by Crippen LogP contribution is -2.41. The highest BCUT2D eigenvalue weighted by atomic mass is 16.7. The minimum atomic E-state index is -0.685. The summed E-state index contributed by atoms with van der Waals surface area (Å²) in [6.07, 6.45) is 2.93. The Morgan fingerprint density at radius 3 is 2.33 bits per heavy atom. The van der Waals surface area contributed by atoms with Crippen molar-refractivity contribution in [3.8, 4) is 5.75 Å². The number of nitrogens with one attached hydrogen (secondary N) is 1. The van der Waals surface area contributed by atoms with Crippen molar-refractivity contribution in [2.24, 2.45) is 0 Å². The molecule has 3 heterocycles. The van der Waals surface area contributed by atoms with Gasteiger partial charge in [0.05, 0.1) is 47.8 Å². The van der Waals surface area contributed by atoms with Crippen molar-refractivity contribution in [2.45, 2.75) is 91.1 Å². The van der Waals surface area contributed by atoms with E-state index < -0.39 is 35.9 Å². The summed E-state index contributed by atoms with van der Waals surface area (Å²) in [7, 11) is -0.572. The molecule has 5 rings (SSSR count). The van der Waals surface area contributed by atoms with Crippen LogP contribution >= 0.6 is 0 Å². The summed E-state index contributed by atoms with van der Waals surface area (Å²) in [5, 5.41) is 4.07. The maximum atomic E-state index is 13.2. The van der Waals surface area contributed by atoms with Gasteiger partial charge in [-0.3, -0.25) is 4.98 Å². The molecule has 2 aromatic carbocycles. The summed E-state index contributed by atoms with van der Waals surface area (Å²) >= 11 is 0. The molecule has 0 aliphatic carbocycles. The van der Waals surface area contributed by atoms with Crippen LogP contribution in [0, 0.1) is 0 Å². The molecule has 1 aromatic heterocycles. The van der Waals surface area contributed by atoms with Crippen molar-refractivity contribution >= 4 is 46.8 Å². The molecular weight excluding hydrogens is 575 g/mol. The van der Waals surface area contributed by atoms with E-state index in [9.17, 15) is 9.59 Å². The molecule has 0 radical (unpaired) electrons. The van der Waals surface area contributed by atoms with Gasteiger partial charge in [-0.25, -0.2) is 9.59 Å². The number of carbonyl (C=O) groups excluding carboxylic acids is 2. The smallest absolute Gasteiger partial charge is 0.490 e. The number of pyridine rings is 1. The molecule has 1 N–H and O–H groups in total. The molecule has 0 bridgehead atoms. The van der Waals surface area contributed by atoms with Gasteiger partial charge in [0.25, 0.3) is 0 Å². The summed E-state index contributed by atoms with van der Waals surface area (Å²) < 4.78 is 35.4. The van der Waals surface area contributed by atoms with Gasteiger partial charge in [0, 0.05) is 36.2 Å². The average molecular weight is 619 g/mol. The number of anilines is 2. The van der Waals surface area contributed by atoms with Gasteiger partial charge < -0.3 is 33.6 Å². The second kappa shape index (κ2) is 12.6. The van der Waals surface area contributed by atoms with E-state index in [1.54, 1.807) is 19.1 Å². The maximum Gasteiger partial charge on any atom is 0.494 e. The molecular formula is C34H43BN2O8. The molecule has 2 saturated heterocycles. The number of benzene rings is 2. The van der Waals surface area contributed by atoms with Crippen LogP contribution in [0.25, 0.3) is 10.9 Å². The number of rotatable bonds is 8. The second-order valence-electron chi connectivity index (χ2n) is 13.4. The molecule has 2 fully saturated rings. The molecule has 0 spiro atoms. The molecule has 11 heteroatoms. The minimum Gasteiger partial charge on any atom is -0.490 e. The Labute approximate surface area is 265 Å². The molecule has 3 aromatic rings. The van der Waals surface area contributed by atoms with Gasteiger partial charge in [-0.05, 0) is 79.1 Å². The molecule has 2 aliphatic heterocycles. The van der Waals surface area contributed by atoms with E-state index in [1.807, 2.05) is 72.7 Å². The largest absolute Gasteiger partial charge is 0.494 e. The highest BCUT2D eigenvalue weighted by Crippen LogP contribution is 2.37. The van der Waals surface area contributed by atoms with E-state index in [4.69, 9.17) is 28.3 Å². The minimum absolute atomic E-state index is 0.0502. The van der Waals surface area contributed by atoms with Crippen LogP contribution in [0.1, 0.15) is 88.9 Å². The Morgan fingerprint density at radius 2 is 1.69 bits per heavy atom. The number of nitrogens with zero attached hydrogens (tertiary/aromatic N) is 1. The van der Waals surface area contributed by atoms with Crippen molar-refractivity contribution in [1.82, 2.24) is 4.98 Å². The topological polar surface area (TPSA) is 114 Å². The predicted octanol–water partition coefficient (Wildman–Crippen LogP) is 5.97.